The van der Waals surface area contributed by atoms with Crippen LogP contribution in [0, 0.1) is 0 Å². The van der Waals surface area contributed by atoms with Crippen molar-refractivity contribution < 1.29 is 21.6 Å². The van der Waals surface area contributed by atoms with Crippen LogP contribution < -0.4 is 5.32 Å². The Morgan fingerprint density at radius 2 is 2.10 bits per heavy atom. The van der Waals surface area contributed by atoms with Crippen molar-refractivity contribution >= 4 is 21.4 Å². The highest BCUT2D eigenvalue weighted by atomic mass is 32.2. The fraction of sp³-hybridized carbons (Fsp3) is 0.667. The molecular weight excluding hydrogens is 325 g/mol. The highest BCUT2D eigenvalue weighted by molar-refractivity contribution is 7.89. The second-order valence-electron chi connectivity index (χ2n) is 5.10. The van der Waals surface area contributed by atoms with Crippen molar-refractivity contribution in [3.05, 3.63) is 16.3 Å². The molecule has 0 bridgehead atoms. The Labute approximate surface area is 126 Å². The van der Waals surface area contributed by atoms with Gasteiger partial charge in [-0.2, -0.15) is 13.2 Å². The van der Waals surface area contributed by atoms with Crippen LogP contribution in [0.1, 0.15) is 24.1 Å². The Kier molecular flexibility index (Phi) is 4.96. The second kappa shape index (κ2) is 6.23. The Bertz CT molecular complexity index is 580. The van der Waals surface area contributed by atoms with Gasteiger partial charge in [0, 0.05) is 36.4 Å². The van der Waals surface area contributed by atoms with Gasteiger partial charge in [0.05, 0.1) is 11.3 Å². The van der Waals surface area contributed by atoms with E-state index in [0.29, 0.717) is 12.6 Å². The number of hydrogen-bond donors (Lipinski definition) is 1. The number of alkyl halides is 3. The van der Waals surface area contributed by atoms with Crippen LogP contribution in [-0.4, -0.2) is 38.5 Å². The minimum Gasteiger partial charge on any atom is -0.309 e. The number of nitrogens with zero attached hydrogens (tertiary/aromatic N) is 1. The van der Waals surface area contributed by atoms with Crippen molar-refractivity contribution in [2.75, 3.05) is 13.6 Å². The highest BCUT2D eigenvalue weighted by Gasteiger charge is 2.30. The average molecular weight is 342 g/mol. The molecule has 1 heterocycles. The van der Waals surface area contributed by atoms with Gasteiger partial charge in [0.2, 0.25) is 10.0 Å². The van der Waals surface area contributed by atoms with Crippen molar-refractivity contribution in [1.29, 1.82) is 0 Å². The summed E-state index contributed by atoms with van der Waals surface area (Å²) in [6, 6.07) is 2.04. The molecule has 2 rings (SSSR count). The normalized spacial score (nSPS) is 16.6. The molecular formula is C12H17F3N2O2S2. The van der Waals surface area contributed by atoms with Crippen LogP contribution in [0.5, 0.6) is 0 Å². The second-order valence-corrected chi connectivity index (χ2v) is 8.14. The van der Waals surface area contributed by atoms with E-state index in [-0.39, 0.29) is 4.90 Å². The van der Waals surface area contributed by atoms with Gasteiger partial charge < -0.3 is 5.32 Å². The molecule has 1 fully saturated rings. The van der Waals surface area contributed by atoms with E-state index in [1.807, 2.05) is 0 Å². The maximum Gasteiger partial charge on any atom is 0.390 e. The Morgan fingerprint density at radius 1 is 1.43 bits per heavy atom. The molecule has 9 heteroatoms. The summed E-state index contributed by atoms with van der Waals surface area (Å²) < 4.78 is 61.6. The molecule has 0 unspecified atom stereocenters. The number of halogens is 3. The van der Waals surface area contributed by atoms with Gasteiger partial charge in [-0.1, -0.05) is 0 Å². The predicted molar refractivity (Wildman–Crippen MR) is 74.7 cm³/mol. The molecule has 0 aromatic carbocycles. The molecule has 0 aliphatic heterocycles. The van der Waals surface area contributed by atoms with E-state index in [4.69, 9.17) is 0 Å². The lowest BCUT2D eigenvalue weighted by Gasteiger charge is -2.17. The summed E-state index contributed by atoms with van der Waals surface area (Å²) in [6.45, 7) is 0.0223. The molecule has 120 valence electrons. The summed E-state index contributed by atoms with van der Waals surface area (Å²) in [7, 11) is -2.68. The molecule has 1 aliphatic rings. The lowest BCUT2D eigenvalue weighted by atomic mass is 10.4. The molecule has 0 radical (unpaired) electrons. The van der Waals surface area contributed by atoms with Crippen LogP contribution in [0.25, 0.3) is 0 Å². The smallest absolute Gasteiger partial charge is 0.309 e. The van der Waals surface area contributed by atoms with Gasteiger partial charge in [0.15, 0.2) is 0 Å². The van der Waals surface area contributed by atoms with E-state index < -0.39 is 29.2 Å². The molecule has 0 saturated heterocycles. The molecule has 1 aromatic heterocycles. The lowest BCUT2D eigenvalue weighted by molar-refractivity contribution is -0.135. The zero-order valence-electron chi connectivity index (χ0n) is 11.5. The van der Waals surface area contributed by atoms with Crippen LogP contribution in [0.3, 0.4) is 0 Å². The van der Waals surface area contributed by atoms with E-state index in [1.54, 1.807) is 0 Å². The van der Waals surface area contributed by atoms with Crippen molar-refractivity contribution in [1.82, 2.24) is 9.62 Å². The maximum atomic E-state index is 12.2. The van der Waals surface area contributed by atoms with Gasteiger partial charge in [-0.3, -0.25) is 0 Å². The largest absolute Gasteiger partial charge is 0.390 e. The number of nitrogens with one attached hydrogen (secondary N) is 1. The van der Waals surface area contributed by atoms with Crippen LogP contribution in [0.15, 0.2) is 16.3 Å². The van der Waals surface area contributed by atoms with E-state index >= 15 is 0 Å². The highest BCUT2D eigenvalue weighted by Crippen LogP contribution is 2.26. The monoisotopic (exact) mass is 342 g/mol. The van der Waals surface area contributed by atoms with Gasteiger partial charge in [0.1, 0.15) is 0 Å². The van der Waals surface area contributed by atoms with Crippen molar-refractivity contribution in [3.8, 4) is 0 Å². The van der Waals surface area contributed by atoms with E-state index in [0.717, 1.165) is 22.0 Å². The summed E-state index contributed by atoms with van der Waals surface area (Å²) in [6.07, 6.45) is -3.24. The van der Waals surface area contributed by atoms with Crippen LogP contribution in [0.2, 0.25) is 0 Å². The summed E-state index contributed by atoms with van der Waals surface area (Å²) in [5.74, 6) is 0. The van der Waals surface area contributed by atoms with Crippen LogP contribution >= 0.6 is 11.3 Å². The number of hydrogen-bond acceptors (Lipinski definition) is 4. The third-order valence-electron chi connectivity index (χ3n) is 3.19. The summed E-state index contributed by atoms with van der Waals surface area (Å²) >= 11 is 1.30. The number of sulfonamides is 1. The molecule has 1 aliphatic carbocycles. The van der Waals surface area contributed by atoms with Gasteiger partial charge >= 0.3 is 6.18 Å². The molecule has 4 nitrogen and oxygen atoms in total. The average Bonchev–Trinajstić information content (AvgIpc) is 3.08. The maximum absolute atomic E-state index is 12.2. The quantitative estimate of drug-likeness (QED) is 0.829. The first-order valence-electron chi connectivity index (χ1n) is 6.52. The third kappa shape index (κ3) is 4.94. The molecule has 0 amide bonds. The van der Waals surface area contributed by atoms with Gasteiger partial charge in [-0.05, 0) is 18.9 Å². The SMILES string of the molecule is CN(CCC(F)(F)F)S(=O)(=O)c1csc(CNC2CC2)c1. The van der Waals surface area contributed by atoms with Crippen molar-refractivity contribution in [2.45, 2.75) is 42.9 Å². The van der Waals surface area contributed by atoms with Gasteiger partial charge in [-0.15, -0.1) is 11.3 Å². The topological polar surface area (TPSA) is 49.4 Å². The summed E-state index contributed by atoms with van der Waals surface area (Å²) in [5, 5.41) is 4.74. The van der Waals surface area contributed by atoms with Crippen LogP contribution in [0.4, 0.5) is 13.2 Å². The van der Waals surface area contributed by atoms with Gasteiger partial charge in [0.25, 0.3) is 0 Å². The summed E-state index contributed by atoms with van der Waals surface area (Å²) in [4.78, 5) is 0.925. The lowest BCUT2D eigenvalue weighted by Crippen LogP contribution is -2.30. The Balaban J connectivity index is 1.97. The molecule has 1 saturated carbocycles. The first-order valence-corrected chi connectivity index (χ1v) is 8.84. The Morgan fingerprint density at radius 3 is 2.67 bits per heavy atom. The zero-order chi connectivity index (χ0) is 15.7. The molecule has 0 atom stereocenters. The predicted octanol–water partition coefficient (Wildman–Crippen LogP) is 2.57. The Hall–Kier alpha value is -0.640. The number of rotatable bonds is 7. The standard InChI is InChI=1S/C12H17F3N2O2S2/c1-17(5-4-12(13,14)15)21(18,19)11-6-10(20-8-11)7-16-9-2-3-9/h6,8-9,16H,2-5,7H2,1H3. The molecule has 1 N–H and O–H groups in total. The molecule has 1 aromatic rings. The first-order chi connectivity index (χ1) is 9.68. The van der Waals surface area contributed by atoms with Gasteiger partial charge in [-0.25, -0.2) is 12.7 Å². The van der Waals surface area contributed by atoms with Crippen LogP contribution in [-0.2, 0) is 16.6 Å². The zero-order valence-corrected chi connectivity index (χ0v) is 13.1. The minimum absolute atomic E-state index is 0.0600. The molecule has 0 spiro atoms. The van der Waals surface area contributed by atoms with Crippen molar-refractivity contribution in [3.63, 3.8) is 0 Å². The van der Waals surface area contributed by atoms with E-state index in [1.165, 1.54) is 29.8 Å². The van der Waals surface area contributed by atoms with E-state index in [2.05, 4.69) is 5.32 Å². The third-order valence-corrected chi connectivity index (χ3v) is 6.11. The van der Waals surface area contributed by atoms with Crippen molar-refractivity contribution in [2.24, 2.45) is 0 Å². The van der Waals surface area contributed by atoms with E-state index in [9.17, 15) is 21.6 Å². The molecule has 21 heavy (non-hydrogen) atoms. The summed E-state index contributed by atoms with van der Waals surface area (Å²) in [5.41, 5.74) is 0. The minimum atomic E-state index is -4.36. The fourth-order valence-corrected chi connectivity index (χ4v) is 4.09. The fourth-order valence-electron chi connectivity index (χ4n) is 1.71. The number of thiophene rings is 1. The first kappa shape index (κ1) is 16.7.